The lowest BCUT2D eigenvalue weighted by Crippen LogP contribution is -2.31. The second-order valence-corrected chi connectivity index (χ2v) is 4.73. The van der Waals surface area contributed by atoms with E-state index in [9.17, 15) is 4.79 Å². The van der Waals surface area contributed by atoms with Gasteiger partial charge in [0.2, 0.25) is 0 Å². The smallest absolute Gasteiger partial charge is 0.337 e. The molecule has 1 saturated carbocycles. The third kappa shape index (κ3) is 2.52. The van der Waals surface area contributed by atoms with Crippen LogP contribution >= 0.6 is 0 Å². The lowest BCUT2D eigenvalue weighted by molar-refractivity contribution is 0.0698. The van der Waals surface area contributed by atoms with E-state index in [0.29, 0.717) is 23.3 Å². The fraction of sp³-hybridized carbons (Fsp3) is 0.462. The Balaban J connectivity index is 2.17. The molecule has 2 rings (SSSR count). The van der Waals surface area contributed by atoms with E-state index in [-0.39, 0.29) is 5.56 Å². The van der Waals surface area contributed by atoms with Crippen LogP contribution in [0.25, 0.3) is 0 Å². The fourth-order valence-corrected chi connectivity index (χ4v) is 2.17. The second kappa shape index (κ2) is 4.65. The lowest BCUT2D eigenvalue weighted by Gasteiger charge is -2.32. The Morgan fingerprint density at radius 1 is 1.53 bits per heavy atom. The normalized spacial score (nSPS) is 17.2. The molecule has 1 atom stereocenters. The number of carboxylic acids is 1. The van der Waals surface area contributed by atoms with Gasteiger partial charge in [-0.25, -0.2) is 4.79 Å². The van der Waals surface area contributed by atoms with Crippen LogP contribution in [-0.4, -0.2) is 17.1 Å². The third-order valence-electron chi connectivity index (χ3n) is 3.51. The molecule has 17 heavy (non-hydrogen) atoms. The highest BCUT2D eigenvalue weighted by Crippen LogP contribution is 2.32. The molecule has 0 saturated heterocycles. The van der Waals surface area contributed by atoms with Gasteiger partial charge in [-0.05, 0) is 43.9 Å². The SMILES string of the molecule is CC(Nc1cc(N)ccc1C(=O)O)C1CCC1. The first kappa shape index (κ1) is 11.8. The standard InChI is InChI=1S/C13H18N2O2/c1-8(9-3-2-4-9)15-12-7-10(14)5-6-11(12)13(16)17/h5-9,15H,2-4,14H2,1H3,(H,16,17). The van der Waals surface area contributed by atoms with E-state index in [0.717, 1.165) is 0 Å². The van der Waals surface area contributed by atoms with Gasteiger partial charge in [-0.15, -0.1) is 0 Å². The largest absolute Gasteiger partial charge is 0.478 e. The van der Waals surface area contributed by atoms with E-state index >= 15 is 0 Å². The van der Waals surface area contributed by atoms with E-state index in [1.807, 2.05) is 0 Å². The molecule has 1 aromatic rings. The number of anilines is 2. The van der Waals surface area contributed by atoms with Gasteiger partial charge in [0, 0.05) is 11.7 Å². The van der Waals surface area contributed by atoms with Crippen molar-refractivity contribution >= 4 is 17.3 Å². The van der Waals surface area contributed by atoms with Crippen molar-refractivity contribution in [3.63, 3.8) is 0 Å². The third-order valence-corrected chi connectivity index (χ3v) is 3.51. The average molecular weight is 234 g/mol. The van der Waals surface area contributed by atoms with Crippen molar-refractivity contribution in [1.29, 1.82) is 0 Å². The van der Waals surface area contributed by atoms with E-state index < -0.39 is 5.97 Å². The molecule has 1 fully saturated rings. The summed E-state index contributed by atoms with van der Waals surface area (Å²) in [5.74, 6) is -0.272. The van der Waals surface area contributed by atoms with Crippen LogP contribution < -0.4 is 11.1 Å². The molecule has 1 aliphatic rings. The molecule has 92 valence electrons. The zero-order valence-electron chi connectivity index (χ0n) is 9.94. The number of nitrogen functional groups attached to an aromatic ring is 1. The van der Waals surface area contributed by atoms with Crippen molar-refractivity contribution in [3.8, 4) is 0 Å². The van der Waals surface area contributed by atoms with Gasteiger partial charge in [0.25, 0.3) is 0 Å². The molecule has 0 aliphatic heterocycles. The van der Waals surface area contributed by atoms with Crippen LogP contribution in [0.2, 0.25) is 0 Å². The molecule has 0 bridgehead atoms. The Hall–Kier alpha value is -1.71. The van der Waals surface area contributed by atoms with E-state index in [4.69, 9.17) is 10.8 Å². The molecule has 0 heterocycles. The molecule has 0 radical (unpaired) electrons. The van der Waals surface area contributed by atoms with Gasteiger partial charge >= 0.3 is 5.97 Å². The summed E-state index contributed by atoms with van der Waals surface area (Å²) in [6, 6.07) is 5.15. The van der Waals surface area contributed by atoms with E-state index in [1.165, 1.54) is 19.3 Å². The van der Waals surface area contributed by atoms with E-state index in [1.54, 1.807) is 18.2 Å². The molecule has 0 amide bonds. The van der Waals surface area contributed by atoms with E-state index in [2.05, 4.69) is 12.2 Å². The lowest BCUT2D eigenvalue weighted by atomic mass is 9.80. The van der Waals surface area contributed by atoms with Crippen molar-refractivity contribution in [2.45, 2.75) is 32.2 Å². The number of benzene rings is 1. The minimum Gasteiger partial charge on any atom is -0.478 e. The zero-order chi connectivity index (χ0) is 12.4. The molecule has 0 aromatic heterocycles. The summed E-state index contributed by atoms with van der Waals surface area (Å²) in [5, 5.41) is 12.4. The number of rotatable bonds is 4. The maximum atomic E-state index is 11.1. The van der Waals surface area contributed by atoms with Crippen LogP contribution in [0.3, 0.4) is 0 Å². The minimum absolute atomic E-state index is 0.283. The highest BCUT2D eigenvalue weighted by atomic mass is 16.4. The van der Waals surface area contributed by atoms with Gasteiger partial charge in [0.15, 0.2) is 0 Å². The molecular weight excluding hydrogens is 216 g/mol. The van der Waals surface area contributed by atoms with Crippen LogP contribution in [0.15, 0.2) is 18.2 Å². The number of nitrogens with two attached hydrogens (primary N) is 1. The molecule has 0 spiro atoms. The molecule has 4 N–H and O–H groups in total. The maximum absolute atomic E-state index is 11.1. The average Bonchev–Trinajstić information content (AvgIpc) is 2.13. The van der Waals surface area contributed by atoms with Crippen molar-refractivity contribution in [1.82, 2.24) is 0 Å². The molecule has 1 aromatic carbocycles. The Kier molecular flexibility index (Phi) is 3.22. The summed E-state index contributed by atoms with van der Waals surface area (Å²) in [4.78, 5) is 11.1. The summed E-state index contributed by atoms with van der Waals surface area (Å²) in [6.45, 7) is 2.10. The predicted octanol–water partition coefficient (Wildman–Crippen LogP) is 2.57. The summed E-state index contributed by atoms with van der Waals surface area (Å²) in [5.41, 5.74) is 7.18. The first-order chi connectivity index (χ1) is 8.08. The molecule has 4 heteroatoms. The quantitative estimate of drug-likeness (QED) is 0.700. The molecule has 1 unspecified atom stereocenters. The number of aromatic carboxylic acids is 1. The Morgan fingerprint density at radius 3 is 2.76 bits per heavy atom. The fourth-order valence-electron chi connectivity index (χ4n) is 2.17. The Morgan fingerprint density at radius 2 is 2.24 bits per heavy atom. The van der Waals surface area contributed by atoms with Crippen molar-refractivity contribution in [2.24, 2.45) is 5.92 Å². The number of nitrogens with one attached hydrogen (secondary N) is 1. The van der Waals surface area contributed by atoms with Crippen molar-refractivity contribution in [3.05, 3.63) is 23.8 Å². The van der Waals surface area contributed by atoms with Crippen LogP contribution in [0.1, 0.15) is 36.5 Å². The van der Waals surface area contributed by atoms with Gasteiger partial charge in [0.05, 0.1) is 11.3 Å². The summed E-state index contributed by atoms with van der Waals surface area (Å²) < 4.78 is 0. The van der Waals surface area contributed by atoms with Gasteiger partial charge in [-0.3, -0.25) is 0 Å². The Bertz CT molecular complexity index is 427. The van der Waals surface area contributed by atoms with Crippen LogP contribution in [0.5, 0.6) is 0 Å². The van der Waals surface area contributed by atoms with Gasteiger partial charge in [-0.2, -0.15) is 0 Å². The van der Waals surface area contributed by atoms with Crippen molar-refractivity contribution < 1.29 is 9.90 Å². The Labute approximate surface area is 101 Å². The highest BCUT2D eigenvalue weighted by molar-refractivity contribution is 5.95. The monoisotopic (exact) mass is 234 g/mol. The zero-order valence-corrected chi connectivity index (χ0v) is 9.94. The maximum Gasteiger partial charge on any atom is 0.337 e. The summed E-state index contributed by atoms with van der Waals surface area (Å²) >= 11 is 0. The van der Waals surface area contributed by atoms with Crippen LogP contribution in [0, 0.1) is 5.92 Å². The van der Waals surface area contributed by atoms with Crippen LogP contribution in [0.4, 0.5) is 11.4 Å². The highest BCUT2D eigenvalue weighted by Gasteiger charge is 2.24. The minimum atomic E-state index is -0.923. The topological polar surface area (TPSA) is 75.3 Å². The summed E-state index contributed by atoms with van der Waals surface area (Å²) in [7, 11) is 0. The van der Waals surface area contributed by atoms with Gasteiger partial charge in [0.1, 0.15) is 0 Å². The number of hydrogen-bond acceptors (Lipinski definition) is 3. The molecule has 4 nitrogen and oxygen atoms in total. The number of hydrogen-bond donors (Lipinski definition) is 3. The number of carboxylic acid groups (broad SMARTS) is 1. The molecule has 1 aliphatic carbocycles. The van der Waals surface area contributed by atoms with Gasteiger partial charge in [-0.1, -0.05) is 6.42 Å². The first-order valence-corrected chi connectivity index (χ1v) is 5.97. The second-order valence-electron chi connectivity index (χ2n) is 4.73. The van der Waals surface area contributed by atoms with Gasteiger partial charge < -0.3 is 16.2 Å². The summed E-state index contributed by atoms with van der Waals surface area (Å²) in [6.07, 6.45) is 3.72. The predicted molar refractivity (Wildman–Crippen MR) is 68.2 cm³/mol. The molecular formula is C13H18N2O2. The number of carbonyl (C=O) groups is 1. The van der Waals surface area contributed by atoms with Crippen molar-refractivity contribution in [2.75, 3.05) is 11.1 Å². The first-order valence-electron chi connectivity index (χ1n) is 5.97. The van der Waals surface area contributed by atoms with Crippen LogP contribution in [-0.2, 0) is 0 Å².